The summed E-state index contributed by atoms with van der Waals surface area (Å²) in [6.45, 7) is 1.70. The first-order chi connectivity index (χ1) is 12.0. The molecular formula is C16H14BrN5O2S. The zero-order valence-corrected chi connectivity index (χ0v) is 15.5. The Morgan fingerprint density at radius 1 is 1.28 bits per heavy atom. The number of benzene rings is 1. The Bertz CT molecular complexity index is 915. The summed E-state index contributed by atoms with van der Waals surface area (Å²) in [6, 6.07) is 10.2. The van der Waals surface area contributed by atoms with Crippen molar-refractivity contribution in [3.05, 3.63) is 47.1 Å². The van der Waals surface area contributed by atoms with Crippen LogP contribution in [0.15, 0.2) is 52.2 Å². The summed E-state index contributed by atoms with van der Waals surface area (Å²) in [5.41, 5.74) is 1.95. The van der Waals surface area contributed by atoms with Gasteiger partial charge in [0.25, 0.3) is 0 Å². The summed E-state index contributed by atoms with van der Waals surface area (Å²) in [7, 11) is 0. The molecule has 25 heavy (non-hydrogen) atoms. The number of thioether (sulfide) groups is 1. The predicted octanol–water partition coefficient (Wildman–Crippen LogP) is 3.55. The average Bonchev–Trinajstić information content (AvgIpc) is 2.96. The summed E-state index contributed by atoms with van der Waals surface area (Å²) in [4.78, 5) is 35.6. The third-order valence-corrected chi connectivity index (χ3v) is 4.63. The molecule has 3 amide bonds. The summed E-state index contributed by atoms with van der Waals surface area (Å²) in [5, 5.41) is 4.97. The third kappa shape index (κ3) is 4.58. The van der Waals surface area contributed by atoms with Gasteiger partial charge in [-0.3, -0.25) is 10.1 Å². The molecule has 3 aromatic rings. The number of halogens is 1. The van der Waals surface area contributed by atoms with Gasteiger partial charge in [0.2, 0.25) is 5.91 Å². The van der Waals surface area contributed by atoms with Crippen molar-refractivity contribution in [1.82, 2.24) is 20.3 Å². The number of carbonyl (C=O) groups excluding carboxylic acids is 2. The van der Waals surface area contributed by atoms with Crippen molar-refractivity contribution in [3.8, 4) is 0 Å². The van der Waals surface area contributed by atoms with E-state index in [0.717, 1.165) is 9.99 Å². The first-order valence-electron chi connectivity index (χ1n) is 7.36. The molecule has 128 valence electrons. The standard InChI is InChI=1S/C16H14BrN5O2S/c1-9(14(23)22-15(24)19-11-5-3-2-4-6-11)25-16-20-12-7-10(17)8-18-13(12)21-16/h2-9H,1H3,(H,18,20,21)(H2,19,22,23,24)/t9-/m0/s1. The smallest absolute Gasteiger partial charge is 0.325 e. The van der Waals surface area contributed by atoms with Crippen LogP contribution in [0.3, 0.4) is 0 Å². The van der Waals surface area contributed by atoms with Crippen molar-refractivity contribution < 1.29 is 9.59 Å². The highest BCUT2D eigenvalue weighted by molar-refractivity contribution is 9.10. The molecule has 2 heterocycles. The number of fused-ring (bicyclic) bond motifs is 1. The minimum atomic E-state index is -0.571. The van der Waals surface area contributed by atoms with Crippen LogP contribution in [-0.4, -0.2) is 32.1 Å². The zero-order valence-electron chi connectivity index (χ0n) is 13.1. The van der Waals surface area contributed by atoms with E-state index in [1.165, 1.54) is 11.8 Å². The number of pyridine rings is 1. The van der Waals surface area contributed by atoms with E-state index in [2.05, 4.69) is 41.5 Å². The Balaban J connectivity index is 1.58. The number of carbonyl (C=O) groups is 2. The van der Waals surface area contributed by atoms with Gasteiger partial charge in [-0.1, -0.05) is 30.0 Å². The number of rotatable bonds is 4. The number of nitrogens with zero attached hydrogens (tertiary/aromatic N) is 2. The highest BCUT2D eigenvalue weighted by atomic mass is 79.9. The Kier molecular flexibility index (Phi) is 5.34. The number of para-hydroxylation sites is 1. The second-order valence-electron chi connectivity index (χ2n) is 5.14. The second kappa shape index (κ2) is 7.66. The van der Waals surface area contributed by atoms with E-state index in [0.29, 0.717) is 16.5 Å². The maximum absolute atomic E-state index is 12.2. The molecule has 0 saturated carbocycles. The number of imide groups is 1. The van der Waals surface area contributed by atoms with Crippen molar-refractivity contribution in [2.24, 2.45) is 0 Å². The minimum absolute atomic E-state index is 0.409. The average molecular weight is 420 g/mol. The highest BCUT2D eigenvalue weighted by Crippen LogP contribution is 2.24. The Morgan fingerprint density at radius 3 is 2.80 bits per heavy atom. The van der Waals surface area contributed by atoms with Gasteiger partial charge in [-0.25, -0.2) is 14.8 Å². The van der Waals surface area contributed by atoms with E-state index in [4.69, 9.17) is 0 Å². The number of nitrogens with one attached hydrogen (secondary N) is 3. The van der Waals surface area contributed by atoms with Gasteiger partial charge in [0.1, 0.15) is 0 Å². The van der Waals surface area contributed by atoms with E-state index < -0.39 is 17.2 Å². The Morgan fingerprint density at radius 2 is 2.04 bits per heavy atom. The molecule has 7 nitrogen and oxygen atoms in total. The molecule has 0 unspecified atom stereocenters. The van der Waals surface area contributed by atoms with E-state index in [-0.39, 0.29) is 0 Å². The van der Waals surface area contributed by atoms with Gasteiger partial charge in [0, 0.05) is 16.4 Å². The van der Waals surface area contributed by atoms with Gasteiger partial charge in [-0.2, -0.15) is 0 Å². The van der Waals surface area contributed by atoms with Crippen LogP contribution in [0.1, 0.15) is 6.92 Å². The largest absolute Gasteiger partial charge is 0.331 e. The van der Waals surface area contributed by atoms with Crippen molar-refractivity contribution in [2.45, 2.75) is 17.3 Å². The lowest BCUT2D eigenvalue weighted by atomic mass is 10.3. The molecule has 1 aromatic carbocycles. The SMILES string of the molecule is C[C@H](Sc1nc2ncc(Br)cc2[nH]1)C(=O)NC(=O)Nc1ccccc1. The maximum Gasteiger partial charge on any atom is 0.325 e. The van der Waals surface area contributed by atoms with E-state index in [9.17, 15) is 9.59 Å². The van der Waals surface area contributed by atoms with Gasteiger partial charge in [0.15, 0.2) is 10.8 Å². The molecule has 0 aliphatic carbocycles. The quantitative estimate of drug-likeness (QED) is 0.561. The van der Waals surface area contributed by atoms with Crippen molar-refractivity contribution in [2.75, 3.05) is 5.32 Å². The molecule has 0 fully saturated rings. The van der Waals surface area contributed by atoms with Crippen molar-refractivity contribution >= 4 is 56.5 Å². The molecule has 9 heteroatoms. The van der Waals surface area contributed by atoms with Crippen LogP contribution < -0.4 is 10.6 Å². The topological polar surface area (TPSA) is 99.8 Å². The molecule has 0 bridgehead atoms. The zero-order chi connectivity index (χ0) is 17.8. The molecule has 1 atom stereocenters. The first-order valence-corrected chi connectivity index (χ1v) is 9.03. The summed E-state index contributed by atoms with van der Waals surface area (Å²) in [6.07, 6.45) is 1.65. The van der Waals surface area contributed by atoms with Crippen LogP contribution >= 0.6 is 27.7 Å². The number of H-pyrrole nitrogens is 1. The molecule has 0 saturated heterocycles. The first kappa shape index (κ1) is 17.4. The number of anilines is 1. The van der Waals surface area contributed by atoms with Gasteiger partial charge in [-0.05, 0) is 41.1 Å². The number of urea groups is 1. The Labute approximate surface area is 156 Å². The predicted molar refractivity (Wildman–Crippen MR) is 101 cm³/mol. The number of aromatic nitrogens is 3. The highest BCUT2D eigenvalue weighted by Gasteiger charge is 2.19. The number of imidazole rings is 1. The van der Waals surface area contributed by atoms with Crippen LogP contribution in [0.2, 0.25) is 0 Å². The van der Waals surface area contributed by atoms with E-state index >= 15 is 0 Å². The van der Waals surface area contributed by atoms with Gasteiger partial charge in [-0.15, -0.1) is 0 Å². The van der Waals surface area contributed by atoms with Crippen LogP contribution in [0.5, 0.6) is 0 Å². The third-order valence-electron chi connectivity index (χ3n) is 3.21. The van der Waals surface area contributed by atoms with Crippen LogP contribution in [0.4, 0.5) is 10.5 Å². The van der Waals surface area contributed by atoms with Gasteiger partial charge in [0.05, 0.1) is 10.8 Å². The van der Waals surface area contributed by atoms with E-state index in [1.807, 2.05) is 12.1 Å². The molecule has 0 radical (unpaired) electrons. The number of amides is 3. The monoisotopic (exact) mass is 419 g/mol. The fourth-order valence-electron chi connectivity index (χ4n) is 2.03. The van der Waals surface area contributed by atoms with Crippen LogP contribution in [0.25, 0.3) is 11.2 Å². The normalized spacial score (nSPS) is 11.9. The minimum Gasteiger partial charge on any atom is -0.331 e. The van der Waals surface area contributed by atoms with Crippen molar-refractivity contribution in [1.29, 1.82) is 0 Å². The second-order valence-corrected chi connectivity index (χ2v) is 7.38. The molecular weight excluding hydrogens is 406 g/mol. The van der Waals surface area contributed by atoms with E-state index in [1.54, 1.807) is 37.4 Å². The molecule has 3 rings (SSSR count). The lowest BCUT2D eigenvalue weighted by Gasteiger charge is -2.10. The maximum atomic E-state index is 12.2. The summed E-state index contributed by atoms with van der Waals surface area (Å²) in [5.74, 6) is -0.409. The summed E-state index contributed by atoms with van der Waals surface area (Å²) < 4.78 is 0.837. The number of aromatic amines is 1. The lowest BCUT2D eigenvalue weighted by molar-refractivity contribution is -0.119. The van der Waals surface area contributed by atoms with Gasteiger partial charge < -0.3 is 10.3 Å². The number of hydrogen-bond donors (Lipinski definition) is 3. The van der Waals surface area contributed by atoms with Crippen LogP contribution in [0, 0.1) is 0 Å². The summed E-state index contributed by atoms with van der Waals surface area (Å²) >= 11 is 4.56. The lowest BCUT2D eigenvalue weighted by Crippen LogP contribution is -2.38. The Hall–Kier alpha value is -2.39. The van der Waals surface area contributed by atoms with Gasteiger partial charge >= 0.3 is 6.03 Å². The molecule has 2 aromatic heterocycles. The molecule has 0 aliphatic heterocycles. The van der Waals surface area contributed by atoms with Crippen molar-refractivity contribution in [3.63, 3.8) is 0 Å². The fraction of sp³-hybridized carbons (Fsp3) is 0.125. The fourth-order valence-corrected chi connectivity index (χ4v) is 3.17. The molecule has 0 aliphatic rings. The molecule has 0 spiro atoms. The molecule has 3 N–H and O–H groups in total. The van der Waals surface area contributed by atoms with Crippen LogP contribution in [-0.2, 0) is 4.79 Å². The number of hydrogen-bond acceptors (Lipinski definition) is 5.